The molecule has 0 radical (unpaired) electrons. The van der Waals surface area contributed by atoms with Crippen LogP contribution < -0.4 is 5.32 Å². The Labute approximate surface area is 127 Å². The van der Waals surface area contributed by atoms with Gasteiger partial charge in [-0.15, -0.1) is 0 Å². The van der Waals surface area contributed by atoms with Crippen LogP contribution in [0.2, 0.25) is 0 Å². The summed E-state index contributed by atoms with van der Waals surface area (Å²) in [7, 11) is 0. The minimum atomic E-state index is -1.26. The van der Waals surface area contributed by atoms with Gasteiger partial charge in [-0.1, -0.05) is 30.3 Å². The van der Waals surface area contributed by atoms with Crippen LogP contribution in [0.3, 0.4) is 0 Å². The first-order chi connectivity index (χ1) is 10.6. The lowest BCUT2D eigenvalue weighted by Crippen LogP contribution is -2.31. The summed E-state index contributed by atoms with van der Waals surface area (Å²) in [6.07, 6.45) is 0. The van der Waals surface area contributed by atoms with E-state index in [0.717, 1.165) is 0 Å². The minimum Gasteiger partial charge on any atom is -0.506 e. The number of hydrogen-bond acceptors (Lipinski definition) is 5. The third kappa shape index (κ3) is 3.99. The van der Waals surface area contributed by atoms with Crippen molar-refractivity contribution in [2.24, 2.45) is 10.2 Å². The SMILES string of the molecule is CC(=O)C(/N=N/c1ccccc1O)C(=O)Nc1ccccc1. The summed E-state index contributed by atoms with van der Waals surface area (Å²) in [4.78, 5) is 23.7. The molecule has 0 aliphatic carbocycles. The first-order valence-corrected chi connectivity index (χ1v) is 6.63. The Kier molecular flexibility index (Phi) is 4.98. The summed E-state index contributed by atoms with van der Waals surface area (Å²) in [6.45, 7) is 1.26. The second-order valence-electron chi connectivity index (χ2n) is 4.57. The van der Waals surface area contributed by atoms with E-state index in [1.54, 1.807) is 36.4 Å². The van der Waals surface area contributed by atoms with E-state index in [2.05, 4.69) is 15.5 Å². The van der Waals surface area contributed by atoms with Crippen LogP contribution in [0.5, 0.6) is 5.75 Å². The Morgan fingerprint density at radius 1 is 1.05 bits per heavy atom. The number of nitrogens with one attached hydrogen (secondary N) is 1. The highest BCUT2D eigenvalue weighted by atomic mass is 16.3. The Morgan fingerprint density at radius 3 is 2.32 bits per heavy atom. The Hall–Kier alpha value is -3.02. The van der Waals surface area contributed by atoms with Crippen molar-refractivity contribution >= 4 is 23.1 Å². The lowest BCUT2D eigenvalue weighted by molar-refractivity contribution is -0.126. The van der Waals surface area contributed by atoms with Gasteiger partial charge in [-0.3, -0.25) is 9.59 Å². The number of amides is 1. The van der Waals surface area contributed by atoms with Crippen molar-refractivity contribution in [3.05, 3.63) is 54.6 Å². The number of rotatable bonds is 5. The van der Waals surface area contributed by atoms with Gasteiger partial charge in [-0.2, -0.15) is 10.2 Å². The molecule has 2 aromatic rings. The highest BCUT2D eigenvalue weighted by molar-refractivity contribution is 6.10. The molecule has 1 amide bonds. The van der Waals surface area contributed by atoms with Gasteiger partial charge in [0, 0.05) is 5.69 Å². The molecule has 0 saturated carbocycles. The van der Waals surface area contributed by atoms with Crippen molar-refractivity contribution in [3.63, 3.8) is 0 Å². The van der Waals surface area contributed by atoms with Crippen molar-refractivity contribution in [2.75, 3.05) is 5.32 Å². The van der Waals surface area contributed by atoms with Crippen LogP contribution in [-0.2, 0) is 9.59 Å². The van der Waals surface area contributed by atoms with E-state index in [9.17, 15) is 14.7 Å². The Balaban J connectivity index is 2.15. The number of para-hydroxylation sites is 2. The first kappa shape index (κ1) is 15.4. The summed E-state index contributed by atoms with van der Waals surface area (Å²) in [6, 6.07) is 13.8. The van der Waals surface area contributed by atoms with Gasteiger partial charge in [0.05, 0.1) is 0 Å². The second kappa shape index (κ2) is 7.12. The van der Waals surface area contributed by atoms with Gasteiger partial charge in [0.15, 0.2) is 5.78 Å². The molecule has 2 N–H and O–H groups in total. The average molecular weight is 297 g/mol. The molecule has 0 bridgehead atoms. The third-order valence-corrected chi connectivity index (χ3v) is 2.84. The molecule has 1 unspecified atom stereocenters. The van der Waals surface area contributed by atoms with Crippen LogP contribution in [0.1, 0.15) is 6.92 Å². The maximum absolute atomic E-state index is 12.1. The zero-order valence-corrected chi connectivity index (χ0v) is 11.9. The number of Topliss-reactive ketones (excluding diaryl/α,β-unsaturated/α-hetero) is 1. The molecular formula is C16H15N3O3. The number of hydrogen-bond donors (Lipinski definition) is 2. The predicted octanol–water partition coefficient (Wildman–Crippen LogP) is 3.07. The number of carbonyl (C=O) groups excluding carboxylic acids is 2. The number of carbonyl (C=O) groups is 2. The number of nitrogens with zero attached hydrogens (tertiary/aromatic N) is 2. The Morgan fingerprint density at radius 2 is 1.68 bits per heavy atom. The molecule has 0 fully saturated rings. The Bertz CT molecular complexity index is 699. The predicted molar refractivity (Wildman–Crippen MR) is 82.2 cm³/mol. The van der Waals surface area contributed by atoms with Crippen molar-refractivity contribution in [1.82, 2.24) is 0 Å². The van der Waals surface area contributed by atoms with Gasteiger partial charge in [0.25, 0.3) is 5.91 Å². The second-order valence-corrected chi connectivity index (χ2v) is 4.57. The smallest absolute Gasteiger partial charge is 0.258 e. The van der Waals surface area contributed by atoms with Gasteiger partial charge < -0.3 is 10.4 Å². The topological polar surface area (TPSA) is 91.1 Å². The van der Waals surface area contributed by atoms with Crippen LogP contribution in [0.25, 0.3) is 0 Å². The largest absolute Gasteiger partial charge is 0.506 e. The first-order valence-electron chi connectivity index (χ1n) is 6.63. The molecule has 1 atom stereocenters. The maximum Gasteiger partial charge on any atom is 0.258 e. The molecule has 2 rings (SSSR count). The molecule has 6 nitrogen and oxygen atoms in total. The summed E-state index contributed by atoms with van der Waals surface area (Å²) < 4.78 is 0. The number of benzene rings is 2. The van der Waals surface area contributed by atoms with Gasteiger partial charge in [0.1, 0.15) is 11.4 Å². The third-order valence-electron chi connectivity index (χ3n) is 2.84. The fourth-order valence-corrected chi connectivity index (χ4v) is 1.72. The van der Waals surface area contributed by atoms with Crippen LogP contribution in [0.4, 0.5) is 11.4 Å². The van der Waals surface area contributed by atoms with E-state index in [1.807, 2.05) is 6.07 Å². The molecule has 22 heavy (non-hydrogen) atoms. The lowest BCUT2D eigenvalue weighted by atomic mass is 10.2. The van der Waals surface area contributed by atoms with E-state index in [-0.39, 0.29) is 11.4 Å². The summed E-state index contributed by atoms with van der Waals surface area (Å²) in [5.74, 6) is -1.08. The molecule has 0 aromatic heterocycles. The highest BCUT2D eigenvalue weighted by Gasteiger charge is 2.23. The minimum absolute atomic E-state index is 0.0722. The van der Waals surface area contributed by atoms with Gasteiger partial charge in [-0.05, 0) is 31.2 Å². The zero-order valence-electron chi connectivity index (χ0n) is 11.9. The summed E-state index contributed by atoms with van der Waals surface area (Å²) in [5, 5.41) is 19.7. The van der Waals surface area contributed by atoms with Gasteiger partial charge in [-0.25, -0.2) is 0 Å². The fourth-order valence-electron chi connectivity index (χ4n) is 1.72. The summed E-state index contributed by atoms with van der Waals surface area (Å²) in [5.41, 5.74) is 0.762. The number of phenols is 1. The molecule has 2 aromatic carbocycles. The average Bonchev–Trinajstić information content (AvgIpc) is 2.50. The standard InChI is InChI=1S/C16H15N3O3/c1-11(20)15(16(22)17-12-7-3-2-4-8-12)19-18-13-9-5-6-10-14(13)21/h2-10,15,21H,1H3,(H,17,22)/b19-18+. The molecule has 0 aliphatic heterocycles. The molecule has 0 aliphatic rings. The van der Waals surface area contributed by atoms with E-state index >= 15 is 0 Å². The molecular weight excluding hydrogens is 282 g/mol. The number of ketones is 1. The van der Waals surface area contributed by atoms with Crippen molar-refractivity contribution in [3.8, 4) is 5.75 Å². The van der Waals surface area contributed by atoms with Crippen LogP contribution >= 0.6 is 0 Å². The fraction of sp³-hybridized carbons (Fsp3) is 0.125. The van der Waals surface area contributed by atoms with E-state index < -0.39 is 17.7 Å². The molecule has 0 spiro atoms. The van der Waals surface area contributed by atoms with Crippen LogP contribution in [-0.4, -0.2) is 22.8 Å². The molecule has 0 saturated heterocycles. The molecule has 112 valence electrons. The van der Waals surface area contributed by atoms with E-state index in [4.69, 9.17) is 0 Å². The van der Waals surface area contributed by atoms with Crippen molar-refractivity contribution < 1.29 is 14.7 Å². The van der Waals surface area contributed by atoms with Crippen molar-refractivity contribution in [1.29, 1.82) is 0 Å². The number of aromatic hydroxyl groups is 1. The van der Waals surface area contributed by atoms with Crippen molar-refractivity contribution in [2.45, 2.75) is 13.0 Å². The van der Waals surface area contributed by atoms with Gasteiger partial charge in [0.2, 0.25) is 6.04 Å². The highest BCUT2D eigenvalue weighted by Crippen LogP contribution is 2.25. The van der Waals surface area contributed by atoms with Crippen LogP contribution in [0, 0.1) is 0 Å². The normalized spacial score (nSPS) is 12.0. The number of phenolic OH excluding ortho intramolecular Hbond substituents is 1. The lowest BCUT2D eigenvalue weighted by Gasteiger charge is -2.09. The quantitative estimate of drug-likeness (QED) is 0.656. The van der Waals surface area contributed by atoms with E-state index in [0.29, 0.717) is 5.69 Å². The van der Waals surface area contributed by atoms with Gasteiger partial charge >= 0.3 is 0 Å². The number of anilines is 1. The monoisotopic (exact) mass is 297 g/mol. The van der Waals surface area contributed by atoms with Crippen LogP contribution in [0.15, 0.2) is 64.8 Å². The number of azo groups is 1. The summed E-state index contributed by atoms with van der Waals surface area (Å²) >= 11 is 0. The molecule has 6 heteroatoms. The maximum atomic E-state index is 12.1. The molecule has 0 heterocycles. The van der Waals surface area contributed by atoms with E-state index in [1.165, 1.54) is 19.1 Å². The zero-order chi connectivity index (χ0) is 15.9.